The van der Waals surface area contributed by atoms with Crippen molar-refractivity contribution in [2.75, 3.05) is 11.4 Å². The second-order valence-corrected chi connectivity index (χ2v) is 6.86. The van der Waals surface area contributed by atoms with Crippen LogP contribution in [-0.2, 0) is 4.79 Å². The molecule has 1 aliphatic rings. The van der Waals surface area contributed by atoms with Crippen molar-refractivity contribution in [1.82, 2.24) is 0 Å². The fourth-order valence-electron chi connectivity index (χ4n) is 2.96. The van der Waals surface area contributed by atoms with Crippen molar-refractivity contribution in [1.29, 1.82) is 5.26 Å². The average Bonchev–Trinajstić information content (AvgIpc) is 2.93. The van der Waals surface area contributed by atoms with Gasteiger partial charge in [-0.25, -0.2) is 0 Å². The number of amides is 1. The van der Waals surface area contributed by atoms with Gasteiger partial charge in [0.1, 0.15) is 5.41 Å². The standard InChI is InChI=1S/C19H14Cl2N2O2/c20-14-3-1-13(2-4-14)17(24)11-19(12-22)9-10-23(18(19)25)16-7-5-15(21)6-8-16/h1-8H,9-11H2. The van der Waals surface area contributed by atoms with Crippen LogP contribution in [0.25, 0.3) is 0 Å². The minimum absolute atomic E-state index is 0.145. The maximum atomic E-state index is 12.9. The number of hydrogen-bond donors (Lipinski definition) is 0. The molecule has 0 aliphatic carbocycles. The molecule has 0 N–H and O–H groups in total. The van der Waals surface area contributed by atoms with Crippen molar-refractivity contribution < 1.29 is 9.59 Å². The molecular formula is C19H14Cl2N2O2. The molecule has 6 heteroatoms. The number of rotatable bonds is 4. The summed E-state index contributed by atoms with van der Waals surface area (Å²) in [5.41, 5.74) is -0.224. The predicted octanol–water partition coefficient (Wildman–Crippen LogP) is 4.51. The number of nitrogens with zero attached hydrogens (tertiary/aromatic N) is 2. The lowest BCUT2D eigenvalue weighted by Gasteiger charge is -2.21. The van der Waals surface area contributed by atoms with Crippen LogP contribution in [0.15, 0.2) is 48.5 Å². The van der Waals surface area contributed by atoms with Crippen LogP contribution in [0.1, 0.15) is 23.2 Å². The lowest BCUT2D eigenvalue weighted by molar-refractivity contribution is -0.123. The zero-order chi connectivity index (χ0) is 18.0. The van der Waals surface area contributed by atoms with Crippen LogP contribution in [0.5, 0.6) is 0 Å². The van der Waals surface area contributed by atoms with Crippen molar-refractivity contribution >= 4 is 40.6 Å². The van der Waals surface area contributed by atoms with Gasteiger partial charge in [-0.1, -0.05) is 23.2 Å². The summed E-state index contributed by atoms with van der Waals surface area (Å²) >= 11 is 11.7. The maximum absolute atomic E-state index is 12.9. The SMILES string of the molecule is N#CC1(CC(=O)c2ccc(Cl)cc2)CCN(c2ccc(Cl)cc2)C1=O. The fraction of sp³-hybridized carbons (Fsp3) is 0.211. The van der Waals surface area contributed by atoms with Crippen molar-refractivity contribution in [3.8, 4) is 6.07 Å². The Kier molecular flexibility index (Phi) is 4.80. The summed E-state index contributed by atoms with van der Waals surface area (Å²) in [4.78, 5) is 26.9. The molecule has 0 radical (unpaired) electrons. The van der Waals surface area contributed by atoms with Gasteiger partial charge in [0.15, 0.2) is 5.78 Å². The first kappa shape index (κ1) is 17.5. The molecule has 25 heavy (non-hydrogen) atoms. The van der Waals surface area contributed by atoms with Crippen LogP contribution in [0.4, 0.5) is 5.69 Å². The van der Waals surface area contributed by atoms with Crippen LogP contribution < -0.4 is 4.90 Å². The Morgan fingerprint density at radius 3 is 2.20 bits per heavy atom. The summed E-state index contributed by atoms with van der Waals surface area (Å²) < 4.78 is 0. The molecule has 1 aliphatic heterocycles. The smallest absolute Gasteiger partial charge is 0.248 e. The molecule has 2 aromatic rings. The lowest BCUT2D eigenvalue weighted by Crippen LogP contribution is -2.35. The normalized spacial score (nSPS) is 19.7. The number of ketones is 1. The summed E-state index contributed by atoms with van der Waals surface area (Å²) in [7, 11) is 0. The summed E-state index contributed by atoms with van der Waals surface area (Å²) in [5, 5.41) is 10.7. The van der Waals surface area contributed by atoms with Gasteiger partial charge < -0.3 is 4.90 Å². The first-order chi connectivity index (χ1) is 11.9. The van der Waals surface area contributed by atoms with E-state index in [0.717, 1.165) is 0 Å². The Morgan fingerprint density at radius 2 is 1.64 bits per heavy atom. The molecule has 0 aromatic heterocycles. The zero-order valence-corrected chi connectivity index (χ0v) is 14.7. The molecule has 1 atom stereocenters. The number of carbonyl (C=O) groups excluding carboxylic acids is 2. The van der Waals surface area contributed by atoms with E-state index in [9.17, 15) is 14.9 Å². The maximum Gasteiger partial charge on any atom is 0.248 e. The first-order valence-corrected chi connectivity index (χ1v) is 8.48. The highest BCUT2D eigenvalue weighted by Gasteiger charge is 2.49. The van der Waals surface area contributed by atoms with Gasteiger partial charge in [0, 0.05) is 34.3 Å². The van der Waals surface area contributed by atoms with Crippen LogP contribution in [0.3, 0.4) is 0 Å². The van der Waals surface area contributed by atoms with Crippen molar-refractivity contribution in [3.63, 3.8) is 0 Å². The minimum atomic E-state index is -1.34. The van der Waals surface area contributed by atoms with Gasteiger partial charge in [0.2, 0.25) is 5.91 Å². The summed E-state index contributed by atoms with van der Waals surface area (Å²) in [5.74, 6) is -0.593. The van der Waals surface area contributed by atoms with Gasteiger partial charge in [-0.05, 0) is 55.0 Å². The van der Waals surface area contributed by atoms with Crippen LogP contribution >= 0.6 is 23.2 Å². The van der Waals surface area contributed by atoms with Crippen molar-refractivity contribution in [3.05, 3.63) is 64.1 Å². The molecule has 1 amide bonds. The Balaban J connectivity index is 1.82. The molecule has 1 heterocycles. The van der Waals surface area contributed by atoms with Gasteiger partial charge in [0.25, 0.3) is 0 Å². The third-order valence-corrected chi connectivity index (χ3v) is 4.90. The van der Waals surface area contributed by atoms with E-state index in [1.165, 1.54) is 4.90 Å². The van der Waals surface area contributed by atoms with Gasteiger partial charge in [0.05, 0.1) is 6.07 Å². The fourth-order valence-corrected chi connectivity index (χ4v) is 3.21. The Bertz CT molecular complexity index is 856. The monoisotopic (exact) mass is 372 g/mol. The number of hydrogen-bond acceptors (Lipinski definition) is 3. The minimum Gasteiger partial charge on any atom is -0.311 e. The highest BCUT2D eigenvalue weighted by Crippen LogP contribution is 2.38. The number of benzene rings is 2. The number of nitriles is 1. The summed E-state index contributed by atoms with van der Waals surface area (Å²) in [6.45, 7) is 0.391. The number of Topliss-reactive ketones (excluding diaryl/α,β-unsaturated/α-hetero) is 1. The molecule has 0 spiro atoms. The van der Waals surface area contributed by atoms with E-state index in [0.29, 0.717) is 34.3 Å². The van der Waals surface area contributed by atoms with E-state index in [1.807, 2.05) is 0 Å². The van der Waals surface area contributed by atoms with Crippen LogP contribution in [0.2, 0.25) is 10.0 Å². The molecule has 1 unspecified atom stereocenters. The third-order valence-electron chi connectivity index (χ3n) is 4.40. The third kappa shape index (κ3) is 3.39. The predicted molar refractivity (Wildman–Crippen MR) is 96.9 cm³/mol. The highest BCUT2D eigenvalue weighted by molar-refractivity contribution is 6.31. The second-order valence-electron chi connectivity index (χ2n) is 5.98. The molecule has 2 aromatic carbocycles. The second kappa shape index (κ2) is 6.87. The molecule has 1 saturated heterocycles. The number of anilines is 1. The van der Waals surface area contributed by atoms with Crippen molar-refractivity contribution in [2.24, 2.45) is 5.41 Å². The number of carbonyl (C=O) groups is 2. The van der Waals surface area contributed by atoms with E-state index in [2.05, 4.69) is 6.07 Å². The van der Waals surface area contributed by atoms with E-state index < -0.39 is 5.41 Å². The van der Waals surface area contributed by atoms with E-state index in [-0.39, 0.29) is 18.1 Å². The Hall–Kier alpha value is -2.35. The molecule has 1 fully saturated rings. The molecular weight excluding hydrogens is 359 g/mol. The van der Waals surface area contributed by atoms with E-state index in [4.69, 9.17) is 23.2 Å². The van der Waals surface area contributed by atoms with Gasteiger partial charge in [-0.2, -0.15) is 5.26 Å². The Labute approximate surface area is 155 Å². The summed E-state index contributed by atoms with van der Waals surface area (Å²) in [6.07, 6.45) is 0.165. The zero-order valence-electron chi connectivity index (χ0n) is 13.2. The molecule has 126 valence electrons. The number of halogens is 2. The van der Waals surface area contributed by atoms with E-state index >= 15 is 0 Å². The average molecular weight is 373 g/mol. The Morgan fingerprint density at radius 1 is 1.08 bits per heavy atom. The molecule has 0 saturated carbocycles. The molecule has 4 nitrogen and oxygen atoms in total. The summed E-state index contributed by atoms with van der Waals surface area (Å²) in [6, 6.07) is 15.4. The van der Waals surface area contributed by atoms with Gasteiger partial charge >= 0.3 is 0 Å². The van der Waals surface area contributed by atoms with Gasteiger partial charge in [-0.15, -0.1) is 0 Å². The van der Waals surface area contributed by atoms with Crippen LogP contribution in [0, 0.1) is 16.7 Å². The molecule has 0 bridgehead atoms. The lowest BCUT2D eigenvalue weighted by atomic mass is 9.81. The highest BCUT2D eigenvalue weighted by atomic mass is 35.5. The molecule has 3 rings (SSSR count). The van der Waals surface area contributed by atoms with Crippen LogP contribution in [-0.4, -0.2) is 18.2 Å². The quantitative estimate of drug-likeness (QED) is 0.741. The topological polar surface area (TPSA) is 61.2 Å². The van der Waals surface area contributed by atoms with Crippen molar-refractivity contribution in [2.45, 2.75) is 12.8 Å². The largest absolute Gasteiger partial charge is 0.311 e. The van der Waals surface area contributed by atoms with Gasteiger partial charge in [-0.3, -0.25) is 9.59 Å². The first-order valence-electron chi connectivity index (χ1n) is 7.73. The van der Waals surface area contributed by atoms with E-state index in [1.54, 1.807) is 48.5 Å².